The zero-order valence-electron chi connectivity index (χ0n) is 12.7. The number of ether oxygens (including phenoxy) is 1. The van der Waals surface area contributed by atoms with Gasteiger partial charge in [-0.15, -0.1) is 0 Å². The molecule has 1 aliphatic rings. The van der Waals surface area contributed by atoms with Crippen LogP contribution in [-0.2, 0) is 20.7 Å². The lowest BCUT2D eigenvalue weighted by atomic mass is 9.70. The van der Waals surface area contributed by atoms with Crippen LogP contribution in [0.3, 0.4) is 0 Å². The maximum absolute atomic E-state index is 12.4. The van der Waals surface area contributed by atoms with Crippen molar-refractivity contribution in [1.82, 2.24) is 0 Å². The molecule has 3 nitrogen and oxygen atoms in total. The molecule has 0 N–H and O–H groups in total. The van der Waals surface area contributed by atoms with Crippen LogP contribution in [-0.4, -0.2) is 18.9 Å². The summed E-state index contributed by atoms with van der Waals surface area (Å²) in [6, 6.07) is 5.10. The van der Waals surface area contributed by atoms with E-state index in [1.54, 1.807) is 18.2 Å². The van der Waals surface area contributed by atoms with Crippen LogP contribution in [0.15, 0.2) is 18.2 Å². The van der Waals surface area contributed by atoms with Gasteiger partial charge in [0.25, 0.3) is 0 Å². The lowest BCUT2D eigenvalue weighted by molar-refractivity contribution is -0.157. The van der Waals surface area contributed by atoms with Crippen molar-refractivity contribution >= 4 is 35.0 Å². The molecule has 0 aliphatic heterocycles. The Morgan fingerprint density at radius 3 is 2.45 bits per heavy atom. The van der Waals surface area contributed by atoms with Gasteiger partial charge in [-0.3, -0.25) is 9.59 Å². The average Bonchev–Trinajstić information content (AvgIpc) is 2.50. The molecule has 0 bridgehead atoms. The zero-order valence-corrected chi connectivity index (χ0v) is 14.2. The highest BCUT2D eigenvalue weighted by molar-refractivity contribution is 6.35. The lowest BCUT2D eigenvalue weighted by Gasteiger charge is -2.33. The summed E-state index contributed by atoms with van der Waals surface area (Å²) in [5.74, 6) is -0.251. The number of benzene rings is 1. The number of hydrogen-bond acceptors (Lipinski definition) is 3. The summed E-state index contributed by atoms with van der Waals surface area (Å²) in [7, 11) is 1.39. The van der Waals surface area contributed by atoms with E-state index in [-0.39, 0.29) is 24.6 Å². The van der Waals surface area contributed by atoms with Crippen LogP contribution >= 0.6 is 23.2 Å². The monoisotopic (exact) mass is 342 g/mol. The summed E-state index contributed by atoms with van der Waals surface area (Å²) in [4.78, 5) is 24.6. The van der Waals surface area contributed by atoms with Gasteiger partial charge in [0.1, 0.15) is 5.78 Å². The second-order valence-corrected chi connectivity index (χ2v) is 6.80. The average molecular weight is 343 g/mol. The van der Waals surface area contributed by atoms with E-state index in [1.807, 2.05) is 0 Å². The minimum absolute atomic E-state index is 0.0107. The van der Waals surface area contributed by atoms with Gasteiger partial charge in [0.2, 0.25) is 0 Å². The van der Waals surface area contributed by atoms with Crippen molar-refractivity contribution in [1.29, 1.82) is 0 Å². The first-order valence-electron chi connectivity index (χ1n) is 7.51. The minimum Gasteiger partial charge on any atom is -0.469 e. The Bertz CT molecular complexity index is 563. The zero-order chi connectivity index (χ0) is 16.2. The van der Waals surface area contributed by atoms with Gasteiger partial charge in [-0.2, -0.15) is 0 Å². The van der Waals surface area contributed by atoms with Crippen molar-refractivity contribution in [2.24, 2.45) is 5.41 Å². The predicted molar refractivity (Wildman–Crippen MR) is 87.3 cm³/mol. The number of carbonyl (C=O) groups is 2. The van der Waals surface area contributed by atoms with Crippen molar-refractivity contribution in [2.45, 2.75) is 44.9 Å². The summed E-state index contributed by atoms with van der Waals surface area (Å²) < 4.78 is 4.95. The summed E-state index contributed by atoms with van der Waals surface area (Å²) in [6.07, 6.45) is 4.91. The van der Waals surface area contributed by atoms with Crippen molar-refractivity contribution < 1.29 is 14.3 Å². The van der Waals surface area contributed by atoms with E-state index in [9.17, 15) is 9.59 Å². The van der Waals surface area contributed by atoms with Crippen LogP contribution in [0.2, 0.25) is 10.0 Å². The van der Waals surface area contributed by atoms with Gasteiger partial charge in [0.15, 0.2) is 0 Å². The summed E-state index contributed by atoms with van der Waals surface area (Å²) in [5.41, 5.74) is 0.0927. The maximum Gasteiger partial charge on any atom is 0.312 e. The van der Waals surface area contributed by atoms with E-state index in [4.69, 9.17) is 27.9 Å². The van der Waals surface area contributed by atoms with E-state index >= 15 is 0 Å². The Labute approximate surface area is 140 Å². The Balaban J connectivity index is 2.09. The van der Waals surface area contributed by atoms with Gasteiger partial charge in [0, 0.05) is 22.9 Å². The fourth-order valence-electron chi connectivity index (χ4n) is 3.22. The Morgan fingerprint density at radius 2 is 1.86 bits per heavy atom. The van der Waals surface area contributed by atoms with E-state index in [0.717, 1.165) is 37.7 Å². The molecule has 5 heteroatoms. The Hall–Kier alpha value is -1.06. The number of rotatable bonds is 5. The van der Waals surface area contributed by atoms with Crippen molar-refractivity contribution in [2.75, 3.05) is 7.11 Å². The second kappa shape index (κ2) is 7.47. The molecule has 1 saturated carbocycles. The molecule has 0 aromatic heterocycles. The first-order valence-corrected chi connectivity index (χ1v) is 8.26. The number of esters is 1. The van der Waals surface area contributed by atoms with Crippen LogP contribution in [0.5, 0.6) is 0 Å². The van der Waals surface area contributed by atoms with Crippen LogP contribution in [0.25, 0.3) is 0 Å². The number of hydrogen-bond donors (Lipinski definition) is 0. The molecule has 0 atom stereocenters. The Morgan fingerprint density at radius 1 is 1.18 bits per heavy atom. The van der Waals surface area contributed by atoms with Crippen LogP contribution < -0.4 is 0 Å². The number of Topliss-reactive ketones (excluding diaryl/α,β-unsaturated/α-hetero) is 1. The van der Waals surface area contributed by atoms with E-state index < -0.39 is 5.41 Å². The van der Waals surface area contributed by atoms with Crippen LogP contribution in [0.1, 0.15) is 44.1 Å². The molecule has 0 amide bonds. The van der Waals surface area contributed by atoms with Gasteiger partial charge in [0.05, 0.1) is 12.5 Å². The fraction of sp³-hybridized carbons (Fsp3) is 0.529. The topological polar surface area (TPSA) is 43.4 Å². The Kier molecular flexibility index (Phi) is 5.87. The predicted octanol–water partition coefficient (Wildman–Crippen LogP) is 4.62. The second-order valence-electron chi connectivity index (χ2n) is 5.96. The molecular formula is C17H20Cl2O3. The smallest absolute Gasteiger partial charge is 0.312 e. The van der Waals surface area contributed by atoms with Gasteiger partial charge in [-0.05, 0) is 30.5 Å². The third kappa shape index (κ3) is 4.02. The number of halogens is 2. The quantitative estimate of drug-likeness (QED) is 0.733. The number of carbonyl (C=O) groups excluding carboxylic acids is 2. The molecule has 0 radical (unpaired) electrons. The third-order valence-corrected chi connectivity index (χ3v) is 4.95. The molecular weight excluding hydrogens is 323 g/mol. The molecule has 1 aromatic rings. The fourth-order valence-corrected chi connectivity index (χ4v) is 3.69. The van der Waals surface area contributed by atoms with E-state index in [0.29, 0.717) is 10.0 Å². The molecule has 0 saturated heterocycles. The molecule has 1 aromatic carbocycles. The number of ketones is 1. The largest absolute Gasteiger partial charge is 0.469 e. The molecule has 1 fully saturated rings. The van der Waals surface area contributed by atoms with Gasteiger partial charge in [-0.1, -0.05) is 48.5 Å². The van der Waals surface area contributed by atoms with Crippen molar-refractivity contribution in [3.05, 3.63) is 33.8 Å². The SMILES string of the molecule is COC(=O)C1(CC(=O)Cc2ccc(Cl)cc2Cl)CCCCC1. The summed E-state index contributed by atoms with van der Waals surface area (Å²) in [6.45, 7) is 0. The van der Waals surface area contributed by atoms with Crippen LogP contribution in [0, 0.1) is 5.41 Å². The molecule has 22 heavy (non-hydrogen) atoms. The van der Waals surface area contributed by atoms with Gasteiger partial charge in [-0.25, -0.2) is 0 Å². The van der Waals surface area contributed by atoms with E-state index in [2.05, 4.69) is 0 Å². The molecule has 0 unspecified atom stereocenters. The maximum atomic E-state index is 12.4. The van der Waals surface area contributed by atoms with Gasteiger partial charge >= 0.3 is 5.97 Å². The minimum atomic E-state index is -0.650. The first-order chi connectivity index (χ1) is 10.5. The van der Waals surface area contributed by atoms with Crippen molar-refractivity contribution in [3.8, 4) is 0 Å². The normalized spacial score (nSPS) is 17.0. The molecule has 1 aliphatic carbocycles. The molecule has 0 heterocycles. The van der Waals surface area contributed by atoms with Gasteiger partial charge < -0.3 is 4.74 Å². The van der Waals surface area contributed by atoms with E-state index in [1.165, 1.54) is 7.11 Å². The summed E-state index contributed by atoms with van der Waals surface area (Å²) >= 11 is 12.0. The van der Waals surface area contributed by atoms with Crippen LogP contribution in [0.4, 0.5) is 0 Å². The highest BCUT2D eigenvalue weighted by atomic mass is 35.5. The standard InChI is InChI=1S/C17H20Cl2O3/c1-22-16(21)17(7-3-2-4-8-17)11-14(20)9-12-5-6-13(18)10-15(12)19/h5-6,10H,2-4,7-9,11H2,1H3. The first kappa shape index (κ1) is 17.3. The molecule has 0 spiro atoms. The highest BCUT2D eigenvalue weighted by Crippen LogP contribution is 2.41. The summed E-state index contributed by atoms with van der Waals surface area (Å²) in [5, 5.41) is 1.02. The third-order valence-electron chi connectivity index (χ3n) is 4.37. The molecule has 2 rings (SSSR count). The van der Waals surface area contributed by atoms with Crippen molar-refractivity contribution in [3.63, 3.8) is 0 Å². The highest BCUT2D eigenvalue weighted by Gasteiger charge is 2.42. The lowest BCUT2D eigenvalue weighted by Crippen LogP contribution is -2.37. The molecule has 120 valence electrons. The number of methoxy groups -OCH3 is 1.